The molecule has 20 heavy (non-hydrogen) atoms. The first kappa shape index (κ1) is 14.5. The minimum absolute atomic E-state index is 0.118. The van der Waals surface area contributed by atoms with E-state index in [1.54, 1.807) is 30.6 Å². The van der Waals surface area contributed by atoms with Gasteiger partial charge in [0.25, 0.3) is 5.69 Å². The smallest absolute Gasteiger partial charge is 0.269 e. The van der Waals surface area contributed by atoms with Gasteiger partial charge in [-0.25, -0.2) is 0 Å². The number of thiophene rings is 1. The van der Waals surface area contributed by atoms with Crippen molar-refractivity contribution in [2.75, 3.05) is 14.2 Å². The number of ether oxygens (including phenoxy) is 1. The molecule has 0 aliphatic heterocycles. The number of non-ortho nitro benzene ring substituents is 1. The average molecular weight is 292 g/mol. The van der Waals surface area contributed by atoms with Gasteiger partial charge in [-0.3, -0.25) is 10.1 Å². The van der Waals surface area contributed by atoms with E-state index < -0.39 is 0 Å². The number of hydrogen-bond acceptors (Lipinski definition) is 5. The molecule has 0 spiro atoms. The first-order valence-corrected chi connectivity index (χ1v) is 7.05. The molecule has 1 unspecified atom stereocenters. The van der Waals surface area contributed by atoms with Crippen molar-refractivity contribution in [1.29, 1.82) is 0 Å². The molecule has 0 aliphatic carbocycles. The Kier molecular flexibility index (Phi) is 4.70. The quantitative estimate of drug-likeness (QED) is 0.656. The largest absolute Gasteiger partial charge is 0.496 e. The summed E-state index contributed by atoms with van der Waals surface area (Å²) in [4.78, 5) is 11.4. The number of nitrogens with zero attached hydrogens (tertiary/aromatic N) is 1. The molecule has 6 heteroatoms. The van der Waals surface area contributed by atoms with Gasteiger partial charge in [-0.1, -0.05) is 12.1 Å². The van der Waals surface area contributed by atoms with Crippen LogP contribution in [0.4, 0.5) is 5.69 Å². The summed E-state index contributed by atoms with van der Waals surface area (Å²) in [6, 6.07) is 8.86. The molecule has 1 N–H and O–H groups in total. The molecule has 0 amide bonds. The standard InChI is InChI=1S/C14H16N2O3S/c1-15-13(14-8-12(19-2)9-20-14)7-10-3-5-11(6-4-10)16(17)18/h3-6,8-9,13,15H,7H2,1-2H3. The summed E-state index contributed by atoms with van der Waals surface area (Å²) in [5.41, 5.74) is 1.18. The highest BCUT2D eigenvalue weighted by Gasteiger charge is 2.14. The highest BCUT2D eigenvalue weighted by Crippen LogP contribution is 2.29. The van der Waals surface area contributed by atoms with Gasteiger partial charge >= 0.3 is 0 Å². The van der Waals surface area contributed by atoms with Crippen molar-refractivity contribution < 1.29 is 9.66 Å². The maximum atomic E-state index is 10.6. The molecule has 0 aliphatic rings. The van der Waals surface area contributed by atoms with Crippen molar-refractivity contribution in [3.63, 3.8) is 0 Å². The van der Waals surface area contributed by atoms with Crippen LogP contribution in [0.2, 0.25) is 0 Å². The molecule has 1 atom stereocenters. The van der Waals surface area contributed by atoms with Crippen LogP contribution < -0.4 is 10.1 Å². The predicted octanol–water partition coefficient (Wildman–Crippen LogP) is 3.17. The molecule has 2 aromatic rings. The molecule has 106 valence electrons. The van der Waals surface area contributed by atoms with E-state index >= 15 is 0 Å². The van der Waals surface area contributed by atoms with Crippen molar-refractivity contribution in [3.05, 3.63) is 56.3 Å². The van der Waals surface area contributed by atoms with Crippen LogP contribution in [0, 0.1) is 10.1 Å². The van der Waals surface area contributed by atoms with Gasteiger partial charge in [-0.2, -0.15) is 0 Å². The van der Waals surface area contributed by atoms with E-state index in [1.165, 1.54) is 17.0 Å². The molecule has 1 aromatic heterocycles. The van der Waals surface area contributed by atoms with E-state index in [0.717, 1.165) is 17.7 Å². The van der Waals surface area contributed by atoms with Crippen LogP contribution in [0.3, 0.4) is 0 Å². The lowest BCUT2D eigenvalue weighted by Gasteiger charge is -2.14. The van der Waals surface area contributed by atoms with Crippen LogP contribution in [0.25, 0.3) is 0 Å². The maximum Gasteiger partial charge on any atom is 0.269 e. The molecule has 0 fully saturated rings. The Bertz CT molecular complexity index is 580. The van der Waals surface area contributed by atoms with Crippen LogP contribution in [0.1, 0.15) is 16.5 Å². The third kappa shape index (κ3) is 3.34. The van der Waals surface area contributed by atoms with Crippen molar-refractivity contribution in [3.8, 4) is 5.75 Å². The molecular formula is C14H16N2O3S. The van der Waals surface area contributed by atoms with Crippen LogP contribution >= 0.6 is 11.3 Å². The minimum atomic E-state index is -0.385. The summed E-state index contributed by atoms with van der Waals surface area (Å²) in [7, 11) is 3.55. The lowest BCUT2D eigenvalue weighted by molar-refractivity contribution is -0.384. The fraction of sp³-hybridized carbons (Fsp3) is 0.286. The molecule has 1 aromatic carbocycles. The molecule has 0 saturated heterocycles. The zero-order valence-electron chi connectivity index (χ0n) is 11.3. The molecular weight excluding hydrogens is 276 g/mol. The third-order valence-electron chi connectivity index (χ3n) is 3.11. The molecule has 0 bridgehead atoms. The number of likely N-dealkylation sites (N-methyl/N-ethyl adjacent to an activating group) is 1. The second-order valence-corrected chi connectivity index (χ2v) is 5.30. The van der Waals surface area contributed by atoms with Crippen LogP contribution in [0.5, 0.6) is 5.75 Å². The van der Waals surface area contributed by atoms with E-state index in [4.69, 9.17) is 4.74 Å². The number of nitro groups is 1. The SMILES string of the molecule is CNC(Cc1ccc([N+](=O)[O-])cc1)c1cc(OC)cs1. The van der Waals surface area contributed by atoms with Crippen molar-refractivity contribution in [1.82, 2.24) is 5.32 Å². The van der Waals surface area contributed by atoms with Crippen molar-refractivity contribution >= 4 is 17.0 Å². The van der Waals surface area contributed by atoms with E-state index in [1.807, 2.05) is 18.5 Å². The third-order valence-corrected chi connectivity index (χ3v) is 4.13. The monoisotopic (exact) mass is 292 g/mol. The van der Waals surface area contributed by atoms with Crippen LogP contribution in [-0.2, 0) is 6.42 Å². The summed E-state index contributed by atoms with van der Waals surface area (Å²) in [5, 5.41) is 15.9. The molecule has 2 rings (SSSR count). The Morgan fingerprint density at radius 3 is 2.60 bits per heavy atom. The van der Waals surface area contributed by atoms with Crippen molar-refractivity contribution in [2.45, 2.75) is 12.5 Å². The molecule has 5 nitrogen and oxygen atoms in total. The number of benzene rings is 1. The number of methoxy groups -OCH3 is 1. The van der Waals surface area contributed by atoms with Gasteiger partial charge in [0.2, 0.25) is 0 Å². The molecule has 1 heterocycles. The van der Waals surface area contributed by atoms with Gasteiger partial charge in [-0.15, -0.1) is 11.3 Å². The average Bonchev–Trinajstić information content (AvgIpc) is 2.94. The van der Waals surface area contributed by atoms with Crippen LogP contribution in [-0.4, -0.2) is 19.1 Å². The Balaban J connectivity index is 2.11. The highest BCUT2D eigenvalue weighted by atomic mass is 32.1. The van der Waals surface area contributed by atoms with E-state index in [0.29, 0.717) is 0 Å². The van der Waals surface area contributed by atoms with Gasteiger partial charge in [-0.05, 0) is 25.1 Å². The highest BCUT2D eigenvalue weighted by molar-refractivity contribution is 7.10. The topological polar surface area (TPSA) is 64.4 Å². The molecule has 0 saturated carbocycles. The van der Waals surface area contributed by atoms with Gasteiger partial charge in [0.1, 0.15) is 5.75 Å². The zero-order valence-corrected chi connectivity index (χ0v) is 12.1. The maximum absolute atomic E-state index is 10.6. The normalized spacial score (nSPS) is 12.1. The number of hydrogen-bond donors (Lipinski definition) is 1. The fourth-order valence-corrected chi connectivity index (χ4v) is 2.92. The zero-order chi connectivity index (χ0) is 14.5. The Morgan fingerprint density at radius 1 is 1.40 bits per heavy atom. The first-order valence-electron chi connectivity index (χ1n) is 6.17. The van der Waals surface area contributed by atoms with Crippen molar-refractivity contribution in [2.24, 2.45) is 0 Å². The van der Waals surface area contributed by atoms with E-state index in [-0.39, 0.29) is 16.7 Å². The Labute approximate surface area is 121 Å². The fourth-order valence-electron chi connectivity index (χ4n) is 1.96. The number of nitrogens with one attached hydrogen (secondary N) is 1. The van der Waals surface area contributed by atoms with Gasteiger partial charge in [0.15, 0.2) is 0 Å². The van der Waals surface area contributed by atoms with Gasteiger partial charge in [0, 0.05) is 28.4 Å². The summed E-state index contributed by atoms with van der Waals surface area (Å²) >= 11 is 1.64. The van der Waals surface area contributed by atoms with Gasteiger partial charge in [0.05, 0.1) is 12.0 Å². The predicted molar refractivity (Wildman–Crippen MR) is 79.5 cm³/mol. The lowest BCUT2D eigenvalue weighted by atomic mass is 10.0. The summed E-state index contributed by atoms with van der Waals surface area (Å²) in [6.07, 6.45) is 0.776. The second kappa shape index (κ2) is 6.49. The lowest BCUT2D eigenvalue weighted by Crippen LogP contribution is -2.17. The minimum Gasteiger partial charge on any atom is -0.496 e. The second-order valence-electron chi connectivity index (χ2n) is 4.36. The summed E-state index contributed by atoms with van der Waals surface area (Å²) < 4.78 is 5.19. The van der Waals surface area contributed by atoms with Gasteiger partial charge < -0.3 is 10.1 Å². The Hall–Kier alpha value is -1.92. The number of nitro benzene ring substituents is 1. The summed E-state index contributed by atoms with van der Waals surface area (Å²) in [5.74, 6) is 0.856. The number of rotatable bonds is 6. The molecule has 0 radical (unpaired) electrons. The van der Waals surface area contributed by atoms with E-state index in [2.05, 4.69) is 5.32 Å². The summed E-state index contributed by atoms with van der Waals surface area (Å²) in [6.45, 7) is 0. The Morgan fingerprint density at radius 2 is 2.10 bits per heavy atom. The van der Waals surface area contributed by atoms with Crippen LogP contribution in [0.15, 0.2) is 35.7 Å². The first-order chi connectivity index (χ1) is 9.63. The van der Waals surface area contributed by atoms with E-state index in [9.17, 15) is 10.1 Å².